The van der Waals surface area contributed by atoms with Crippen molar-refractivity contribution < 1.29 is 18.7 Å². The molecule has 0 saturated heterocycles. The molecule has 100 valence electrons. The van der Waals surface area contributed by atoms with Crippen LogP contribution in [0.4, 0.5) is 8.78 Å². The highest BCUT2D eigenvalue weighted by Crippen LogP contribution is 2.21. The predicted octanol–water partition coefficient (Wildman–Crippen LogP) is 2.37. The Hall–Kier alpha value is -2.83. The predicted molar refractivity (Wildman–Crippen MR) is 65.3 cm³/mol. The Kier molecular flexibility index (Phi) is 2.67. The third-order valence-electron chi connectivity index (χ3n) is 2.84. The molecule has 0 aliphatic carbocycles. The fourth-order valence-corrected chi connectivity index (χ4v) is 1.92. The van der Waals surface area contributed by atoms with Crippen molar-refractivity contribution in [2.75, 3.05) is 0 Å². The first-order valence-electron chi connectivity index (χ1n) is 5.60. The van der Waals surface area contributed by atoms with Crippen LogP contribution in [0.15, 0.2) is 36.5 Å². The second kappa shape index (κ2) is 4.37. The summed E-state index contributed by atoms with van der Waals surface area (Å²) in [5.41, 5.74) is 0.424. The molecule has 0 radical (unpaired) electrons. The molecule has 0 amide bonds. The van der Waals surface area contributed by atoms with Crippen LogP contribution < -0.4 is 0 Å². The van der Waals surface area contributed by atoms with E-state index in [0.29, 0.717) is 5.56 Å². The van der Waals surface area contributed by atoms with E-state index in [9.17, 15) is 13.6 Å². The van der Waals surface area contributed by atoms with Gasteiger partial charge >= 0.3 is 5.97 Å². The van der Waals surface area contributed by atoms with Crippen LogP contribution in [0.5, 0.6) is 0 Å². The zero-order chi connectivity index (χ0) is 14.3. The minimum absolute atomic E-state index is 0.0196. The lowest BCUT2D eigenvalue weighted by molar-refractivity contribution is 0.0698. The Morgan fingerprint density at radius 2 is 1.95 bits per heavy atom. The van der Waals surface area contributed by atoms with Crippen molar-refractivity contribution >= 4 is 11.6 Å². The van der Waals surface area contributed by atoms with Crippen molar-refractivity contribution in [2.45, 2.75) is 0 Å². The van der Waals surface area contributed by atoms with Crippen molar-refractivity contribution in [2.24, 2.45) is 0 Å². The van der Waals surface area contributed by atoms with Gasteiger partial charge in [0.1, 0.15) is 5.56 Å². The van der Waals surface area contributed by atoms with Crippen LogP contribution in [0.25, 0.3) is 17.0 Å². The molecule has 0 spiro atoms. The number of hydrogen-bond donors (Lipinski definition) is 1. The maximum absolute atomic E-state index is 13.3. The third kappa shape index (κ3) is 1.80. The second-order valence-corrected chi connectivity index (χ2v) is 4.07. The molecule has 5 nitrogen and oxygen atoms in total. The highest BCUT2D eigenvalue weighted by Gasteiger charge is 2.15. The smallest absolute Gasteiger partial charge is 0.339 e. The highest BCUT2D eigenvalue weighted by molar-refractivity contribution is 5.94. The largest absolute Gasteiger partial charge is 0.478 e. The maximum Gasteiger partial charge on any atom is 0.339 e. The summed E-state index contributed by atoms with van der Waals surface area (Å²) in [6.45, 7) is 0. The van der Waals surface area contributed by atoms with Crippen LogP contribution >= 0.6 is 0 Å². The normalized spacial score (nSPS) is 10.9. The quantitative estimate of drug-likeness (QED) is 0.779. The summed E-state index contributed by atoms with van der Waals surface area (Å²) in [6.07, 6.45) is 1.55. The molecule has 0 saturated carbocycles. The molecule has 2 heterocycles. The van der Waals surface area contributed by atoms with E-state index in [2.05, 4.69) is 10.2 Å². The van der Waals surface area contributed by atoms with Crippen LogP contribution in [0.2, 0.25) is 0 Å². The van der Waals surface area contributed by atoms with Crippen LogP contribution in [-0.4, -0.2) is 25.7 Å². The van der Waals surface area contributed by atoms with Crippen LogP contribution in [0.3, 0.4) is 0 Å². The molecule has 0 unspecified atom stereocenters. The van der Waals surface area contributed by atoms with Crippen molar-refractivity contribution in [3.63, 3.8) is 0 Å². The van der Waals surface area contributed by atoms with E-state index in [-0.39, 0.29) is 17.0 Å². The molecule has 3 rings (SSSR count). The van der Waals surface area contributed by atoms with Gasteiger partial charge in [0.25, 0.3) is 0 Å². The van der Waals surface area contributed by atoms with E-state index in [1.165, 1.54) is 22.6 Å². The van der Waals surface area contributed by atoms with Crippen molar-refractivity contribution in [3.8, 4) is 11.4 Å². The monoisotopic (exact) mass is 275 g/mol. The average Bonchev–Trinajstić information content (AvgIpc) is 2.85. The van der Waals surface area contributed by atoms with Crippen molar-refractivity contribution in [3.05, 3.63) is 53.7 Å². The van der Waals surface area contributed by atoms with Crippen molar-refractivity contribution in [1.29, 1.82) is 0 Å². The van der Waals surface area contributed by atoms with Gasteiger partial charge in [0.2, 0.25) is 0 Å². The molecule has 7 heteroatoms. The number of carbonyl (C=O) groups is 1. The number of aromatic nitrogens is 3. The Bertz CT molecular complexity index is 830. The molecule has 0 fully saturated rings. The number of halogens is 2. The fourth-order valence-electron chi connectivity index (χ4n) is 1.92. The van der Waals surface area contributed by atoms with E-state index in [1.54, 1.807) is 6.20 Å². The number of pyridine rings is 1. The number of aromatic carboxylic acids is 1. The van der Waals surface area contributed by atoms with Gasteiger partial charge in [-0.3, -0.25) is 4.40 Å². The first kappa shape index (κ1) is 12.2. The molecule has 0 bridgehead atoms. The molecule has 1 aromatic carbocycles. The fraction of sp³-hybridized carbons (Fsp3) is 0. The summed E-state index contributed by atoms with van der Waals surface area (Å²) < 4.78 is 27.6. The van der Waals surface area contributed by atoms with E-state index in [4.69, 9.17) is 5.11 Å². The molecule has 0 atom stereocenters. The zero-order valence-electron chi connectivity index (χ0n) is 9.92. The summed E-state index contributed by atoms with van der Waals surface area (Å²) in [5, 5.41) is 16.7. The zero-order valence-corrected chi connectivity index (χ0v) is 9.92. The number of rotatable bonds is 2. The van der Waals surface area contributed by atoms with Gasteiger partial charge in [-0.2, -0.15) is 0 Å². The van der Waals surface area contributed by atoms with Gasteiger partial charge in [-0.25, -0.2) is 13.6 Å². The van der Waals surface area contributed by atoms with E-state index in [0.717, 1.165) is 12.1 Å². The third-order valence-corrected chi connectivity index (χ3v) is 2.84. The standard InChI is InChI=1S/C13H7F2N3O2/c14-9-4-3-7(6-10(9)15)11-16-17-12-8(13(19)20)2-1-5-18(11)12/h1-6H,(H,19,20). The first-order chi connectivity index (χ1) is 9.58. The van der Waals surface area contributed by atoms with E-state index in [1.807, 2.05) is 0 Å². The van der Waals surface area contributed by atoms with Crippen LogP contribution in [0, 0.1) is 11.6 Å². The molecule has 2 aromatic heterocycles. The summed E-state index contributed by atoms with van der Waals surface area (Å²) in [6, 6.07) is 6.22. The Balaban J connectivity index is 2.25. The molecule has 3 aromatic rings. The van der Waals surface area contributed by atoms with Gasteiger partial charge in [0.15, 0.2) is 23.1 Å². The van der Waals surface area contributed by atoms with Crippen molar-refractivity contribution in [1.82, 2.24) is 14.6 Å². The number of hydrogen-bond acceptors (Lipinski definition) is 3. The minimum Gasteiger partial charge on any atom is -0.478 e. The van der Waals surface area contributed by atoms with Gasteiger partial charge in [-0.05, 0) is 30.3 Å². The lowest BCUT2D eigenvalue weighted by atomic mass is 10.2. The van der Waals surface area contributed by atoms with Crippen LogP contribution in [0.1, 0.15) is 10.4 Å². The molecule has 1 N–H and O–H groups in total. The van der Waals surface area contributed by atoms with Crippen LogP contribution in [-0.2, 0) is 0 Å². The first-order valence-corrected chi connectivity index (χ1v) is 5.60. The SMILES string of the molecule is O=C(O)c1cccn2c(-c3ccc(F)c(F)c3)nnc12. The summed E-state index contributed by atoms with van der Waals surface area (Å²) >= 11 is 0. The molecule has 20 heavy (non-hydrogen) atoms. The lowest BCUT2D eigenvalue weighted by Crippen LogP contribution is -2.00. The molecule has 0 aliphatic heterocycles. The molecule has 0 aliphatic rings. The number of carboxylic acid groups (broad SMARTS) is 1. The van der Waals surface area contributed by atoms with Gasteiger partial charge in [0.05, 0.1) is 0 Å². The highest BCUT2D eigenvalue weighted by atomic mass is 19.2. The van der Waals surface area contributed by atoms with Gasteiger partial charge in [-0.15, -0.1) is 10.2 Å². The average molecular weight is 275 g/mol. The van der Waals surface area contributed by atoms with Gasteiger partial charge in [-0.1, -0.05) is 0 Å². The van der Waals surface area contributed by atoms with E-state index < -0.39 is 17.6 Å². The van der Waals surface area contributed by atoms with Gasteiger partial charge in [0, 0.05) is 11.8 Å². The van der Waals surface area contributed by atoms with Gasteiger partial charge < -0.3 is 5.11 Å². The topological polar surface area (TPSA) is 67.5 Å². The summed E-state index contributed by atoms with van der Waals surface area (Å²) in [4.78, 5) is 11.1. The lowest BCUT2D eigenvalue weighted by Gasteiger charge is -2.02. The molecular formula is C13H7F2N3O2. The second-order valence-electron chi connectivity index (χ2n) is 4.07. The van der Waals surface area contributed by atoms with E-state index >= 15 is 0 Å². The molecular weight excluding hydrogens is 268 g/mol. The number of carboxylic acids is 1. The summed E-state index contributed by atoms with van der Waals surface area (Å²) in [7, 11) is 0. The number of fused-ring (bicyclic) bond motifs is 1. The number of nitrogens with zero attached hydrogens (tertiary/aromatic N) is 3. The number of benzene rings is 1. The Morgan fingerprint density at radius 3 is 2.65 bits per heavy atom. The summed E-state index contributed by atoms with van der Waals surface area (Å²) in [5.74, 6) is -2.87. The maximum atomic E-state index is 13.3. The minimum atomic E-state index is -1.14. The Labute approximate surface area is 111 Å². The Morgan fingerprint density at radius 1 is 1.15 bits per heavy atom.